The van der Waals surface area contributed by atoms with E-state index in [0.29, 0.717) is 23.5 Å². The molecule has 5 nitrogen and oxygen atoms in total. The highest BCUT2D eigenvalue weighted by Gasteiger charge is 2.26. The molecule has 1 unspecified atom stereocenters. The van der Waals surface area contributed by atoms with E-state index in [-0.39, 0.29) is 5.75 Å². The molecule has 0 saturated carbocycles. The molecule has 2 rings (SSSR count). The van der Waals surface area contributed by atoms with Gasteiger partial charge in [-0.15, -0.1) is 0 Å². The lowest BCUT2D eigenvalue weighted by atomic mass is 10.0. The van der Waals surface area contributed by atoms with Gasteiger partial charge in [-0.1, -0.05) is 36.9 Å². The molecule has 0 amide bonds. The number of carbonyl (C=O) groups excluding carboxylic acids is 1. The predicted octanol–water partition coefficient (Wildman–Crippen LogP) is 3.72. The molecule has 0 N–H and O–H groups in total. The summed E-state index contributed by atoms with van der Waals surface area (Å²) in [5.41, 5.74) is 1.86. The van der Waals surface area contributed by atoms with Crippen LogP contribution in [0.3, 0.4) is 0 Å². The van der Waals surface area contributed by atoms with Crippen molar-refractivity contribution in [3.05, 3.63) is 71.8 Å². The Morgan fingerprint density at radius 2 is 2.08 bits per heavy atom. The van der Waals surface area contributed by atoms with Gasteiger partial charge in [0.1, 0.15) is 24.2 Å². The molecule has 0 aliphatic heterocycles. The number of aryl methyl sites for hydroxylation is 1. The smallest absolute Gasteiger partial charge is 0.351 e. The van der Waals surface area contributed by atoms with Gasteiger partial charge in [-0.2, -0.15) is 5.26 Å². The van der Waals surface area contributed by atoms with Gasteiger partial charge in [-0.3, -0.25) is 0 Å². The van der Waals surface area contributed by atoms with E-state index in [1.54, 1.807) is 30.3 Å². The fraction of sp³-hybridized carbons (Fsp3) is 0.200. The van der Waals surface area contributed by atoms with Crippen molar-refractivity contribution < 1.29 is 19.0 Å². The summed E-state index contributed by atoms with van der Waals surface area (Å²) in [6, 6.07) is 14.2. The van der Waals surface area contributed by atoms with Gasteiger partial charge in [0.15, 0.2) is 0 Å². The molecule has 1 atom stereocenters. The van der Waals surface area contributed by atoms with Crippen LogP contribution < -0.4 is 9.47 Å². The van der Waals surface area contributed by atoms with E-state index in [2.05, 4.69) is 12.6 Å². The van der Waals surface area contributed by atoms with E-state index in [1.807, 2.05) is 25.1 Å². The standard InChI is InChI=1S/C20H19NO4/c1-4-11-24-16-10-9-15(13-21)18(12-16)25-19(20(22)23-3)17-8-6-5-7-14(17)2/h4-10,12,19H,1,11H2,2-3H3. The molecule has 0 aliphatic carbocycles. The lowest BCUT2D eigenvalue weighted by molar-refractivity contribution is -0.149. The number of nitrogens with zero attached hydrogens (tertiary/aromatic N) is 1. The van der Waals surface area contributed by atoms with Crippen molar-refractivity contribution in [2.45, 2.75) is 13.0 Å². The monoisotopic (exact) mass is 337 g/mol. The molecular weight excluding hydrogens is 318 g/mol. The third-order valence-corrected chi connectivity index (χ3v) is 3.57. The Labute approximate surface area is 147 Å². The van der Waals surface area contributed by atoms with Gasteiger partial charge in [-0.25, -0.2) is 4.79 Å². The maximum absolute atomic E-state index is 12.3. The Hall–Kier alpha value is -3.26. The zero-order valence-corrected chi connectivity index (χ0v) is 14.2. The van der Waals surface area contributed by atoms with Crippen molar-refractivity contribution in [1.29, 1.82) is 5.26 Å². The Balaban J connectivity index is 2.41. The molecule has 0 saturated heterocycles. The lowest BCUT2D eigenvalue weighted by Crippen LogP contribution is -2.21. The summed E-state index contributed by atoms with van der Waals surface area (Å²) in [5.74, 6) is 0.223. The van der Waals surface area contributed by atoms with Crippen LogP contribution in [-0.2, 0) is 9.53 Å². The zero-order chi connectivity index (χ0) is 18.2. The average molecular weight is 337 g/mol. The summed E-state index contributed by atoms with van der Waals surface area (Å²) < 4.78 is 16.2. The van der Waals surface area contributed by atoms with Gasteiger partial charge >= 0.3 is 5.97 Å². The van der Waals surface area contributed by atoms with Gasteiger partial charge < -0.3 is 14.2 Å². The molecule has 0 aliphatic rings. The quantitative estimate of drug-likeness (QED) is 0.569. The summed E-state index contributed by atoms with van der Waals surface area (Å²) in [6.45, 7) is 5.80. The van der Waals surface area contributed by atoms with Crippen LogP contribution in [-0.4, -0.2) is 19.7 Å². The van der Waals surface area contributed by atoms with Gasteiger partial charge in [-0.05, 0) is 24.6 Å². The zero-order valence-electron chi connectivity index (χ0n) is 14.2. The summed E-state index contributed by atoms with van der Waals surface area (Å²) in [7, 11) is 1.30. The molecule has 0 aromatic heterocycles. The highest BCUT2D eigenvalue weighted by atomic mass is 16.6. The molecule has 0 radical (unpaired) electrons. The highest BCUT2D eigenvalue weighted by Crippen LogP contribution is 2.31. The summed E-state index contributed by atoms with van der Waals surface area (Å²) in [5, 5.41) is 9.32. The number of ether oxygens (including phenoxy) is 3. The molecule has 128 valence electrons. The maximum atomic E-state index is 12.3. The van der Waals surface area contributed by atoms with Crippen molar-refractivity contribution in [3.8, 4) is 17.6 Å². The topological polar surface area (TPSA) is 68.5 Å². The summed E-state index contributed by atoms with van der Waals surface area (Å²) in [6.07, 6.45) is 0.636. The van der Waals surface area contributed by atoms with E-state index in [1.165, 1.54) is 7.11 Å². The van der Waals surface area contributed by atoms with Crippen LogP contribution in [0.25, 0.3) is 0 Å². The molecule has 0 heterocycles. The number of esters is 1. The van der Waals surface area contributed by atoms with Crippen molar-refractivity contribution in [2.24, 2.45) is 0 Å². The van der Waals surface area contributed by atoms with Crippen molar-refractivity contribution in [1.82, 2.24) is 0 Å². The van der Waals surface area contributed by atoms with Crippen LogP contribution in [0.4, 0.5) is 0 Å². The first kappa shape index (κ1) is 18.1. The Morgan fingerprint density at radius 1 is 1.32 bits per heavy atom. The average Bonchev–Trinajstić information content (AvgIpc) is 2.64. The lowest BCUT2D eigenvalue weighted by Gasteiger charge is -2.20. The number of methoxy groups -OCH3 is 1. The van der Waals surface area contributed by atoms with Gasteiger partial charge in [0.25, 0.3) is 0 Å². The van der Waals surface area contributed by atoms with Crippen LogP contribution >= 0.6 is 0 Å². The van der Waals surface area contributed by atoms with Crippen molar-refractivity contribution in [3.63, 3.8) is 0 Å². The summed E-state index contributed by atoms with van der Waals surface area (Å²) >= 11 is 0. The van der Waals surface area contributed by atoms with Crippen LogP contribution in [0.1, 0.15) is 22.8 Å². The second-order valence-corrected chi connectivity index (χ2v) is 5.25. The molecule has 2 aromatic carbocycles. The second kappa shape index (κ2) is 8.55. The van der Waals surface area contributed by atoms with E-state index < -0.39 is 12.1 Å². The van der Waals surface area contributed by atoms with Crippen LogP contribution in [0, 0.1) is 18.3 Å². The largest absolute Gasteiger partial charge is 0.489 e. The number of hydrogen-bond acceptors (Lipinski definition) is 5. The van der Waals surface area contributed by atoms with Crippen molar-refractivity contribution >= 4 is 5.97 Å². The summed E-state index contributed by atoms with van der Waals surface area (Å²) in [4.78, 5) is 12.3. The van der Waals surface area contributed by atoms with Gasteiger partial charge in [0.05, 0.1) is 12.7 Å². The first-order chi connectivity index (χ1) is 12.1. The van der Waals surface area contributed by atoms with Gasteiger partial charge in [0.2, 0.25) is 6.10 Å². The van der Waals surface area contributed by atoms with E-state index in [9.17, 15) is 10.1 Å². The second-order valence-electron chi connectivity index (χ2n) is 5.25. The van der Waals surface area contributed by atoms with E-state index in [0.717, 1.165) is 5.56 Å². The molecular formula is C20H19NO4. The SMILES string of the molecule is C=CCOc1ccc(C#N)c(OC(C(=O)OC)c2ccccc2C)c1. The Kier molecular flexibility index (Phi) is 6.19. The molecule has 5 heteroatoms. The number of rotatable bonds is 7. The number of carbonyl (C=O) groups is 1. The minimum Gasteiger partial charge on any atom is -0.489 e. The fourth-order valence-corrected chi connectivity index (χ4v) is 2.29. The highest BCUT2D eigenvalue weighted by molar-refractivity contribution is 5.77. The van der Waals surface area contributed by atoms with Crippen LogP contribution in [0.2, 0.25) is 0 Å². The molecule has 0 spiro atoms. The molecule has 0 bridgehead atoms. The van der Waals surface area contributed by atoms with Gasteiger partial charge in [0, 0.05) is 11.6 Å². The normalized spacial score (nSPS) is 11.1. The molecule has 2 aromatic rings. The third kappa shape index (κ3) is 4.39. The van der Waals surface area contributed by atoms with Crippen LogP contribution in [0.15, 0.2) is 55.1 Å². The Morgan fingerprint density at radius 3 is 2.72 bits per heavy atom. The van der Waals surface area contributed by atoms with E-state index >= 15 is 0 Å². The number of nitriles is 1. The molecule has 0 fully saturated rings. The fourth-order valence-electron chi connectivity index (χ4n) is 2.29. The number of hydrogen-bond donors (Lipinski definition) is 0. The maximum Gasteiger partial charge on any atom is 0.351 e. The van der Waals surface area contributed by atoms with Crippen LogP contribution in [0.5, 0.6) is 11.5 Å². The third-order valence-electron chi connectivity index (χ3n) is 3.57. The minimum atomic E-state index is -0.979. The van der Waals surface area contributed by atoms with Crippen molar-refractivity contribution in [2.75, 3.05) is 13.7 Å². The first-order valence-electron chi connectivity index (χ1n) is 7.68. The van der Waals surface area contributed by atoms with E-state index in [4.69, 9.17) is 14.2 Å². The predicted molar refractivity (Wildman–Crippen MR) is 93.4 cm³/mol. The number of benzene rings is 2. The Bertz CT molecular complexity index is 808. The minimum absolute atomic E-state index is 0.253. The molecule has 25 heavy (non-hydrogen) atoms. The first-order valence-corrected chi connectivity index (χ1v) is 7.68.